The first kappa shape index (κ1) is 17.3. The fourth-order valence-electron chi connectivity index (χ4n) is 2.70. The van der Waals surface area contributed by atoms with Crippen LogP contribution in [0.15, 0.2) is 51.9 Å². The third kappa shape index (κ3) is 3.71. The van der Waals surface area contributed by atoms with Gasteiger partial charge in [0.25, 0.3) is 5.89 Å². The molecule has 1 aromatic carbocycles. The summed E-state index contributed by atoms with van der Waals surface area (Å²) in [6.07, 6.45) is 2.04. The number of amides is 1. The quantitative estimate of drug-likeness (QED) is 0.651. The number of aromatic nitrogens is 3. The molecule has 3 heterocycles. The van der Waals surface area contributed by atoms with E-state index in [0.29, 0.717) is 22.8 Å². The summed E-state index contributed by atoms with van der Waals surface area (Å²) in [5.41, 5.74) is 1.87. The summed E-state index contributed by atoms with van der Waals surface area (Å²) in [7, 11) is -3.71. The van der Waals surface area contributed by atoms with Gasteiger partial charge in [0.15, 0.2) is 0 Å². The average Bonchev–Trinajstić information content (AvgIpc) is 3.27. The van der Waals surface area contributed by atoms with E-state index in [2.05, 4.69) is 25.2 Å². The van der Waals surface area contributed by atoms with Gasteiger partial charge < -0.3 is 9.73 Å². The van der Waals surface area contributed by atoms with Gasteiger partial charge >= 0.3 is 0 Å². The Morgan fingerprint density at radius 1 is 1.19 bits per heavy atom. The van der Waals surface area contributed by atoms with Crippen molar-refractivity contribution in [2.24, 2.45) is 0 Å². The predicted octanol–water partition coefficient (Wildman–Crippen LogP) is 1.15. The Balaban J connectivity index is 1.40. The molecule has 138 valence electrons. The van der Waals surface area contributed by atoms with Crippen LogP contribution in [0, 0.1) is 0 Å². The molecule has 2 aromatic heterocycles. The maximum absolute atomic E-state index is 12.4. The maximum atomic E-state index is 12.4. The fraction of sp³-hybridized carbons (Fsp3) is 0.176. The second-order valence-corrected chi connectivity index (χ2v) is 7.67. The number of carbonyl (C=O) groups excluding carboxylic acids is 1. The summed E-state index contributed by atoms with van der Waals surface area (Å²) < 4.78 is 32.9. The highest BCUT2D eigenvalue weighted by Gasteiger charge is 2.21. The van der Waals surface area contributed by atoms with Crippen LogP contribution in [-0.4, -0.2) is 36.1 Å². The molecule has 0 fully saturated rings. The topological polar surface area (TPSA) is 127 Å². The largest absolute Gasteiger partial charge is 0.419 e. The summed E-state index contributed by atoms with van der Waals surface area (Å²) in [6.45, 7) is 0.0977. The minimum atomic E-state index is -3.71. The zero-order valence-electron chi connectivity index (χ0n) is 14.0. The lowest BCUT2D eigenvalue weighted by molar-refractivity contribution is -0.115. The second-order valence-electron chi connectivity index (χ2n) is 5.91. The van der Waals surface area contributed by atoms with Crippen LogP contribution in [0.25, 0.3) is 11.6 Å². The molecule has 0 aliphatic carbocycles. The Morgan fingerprint density at radius 2 is 2.07 bits per heavy atom. The molecule has 1 aliphatic heterocycles. The van der Waals surface area contributed by atoms with E-state index in [-0.39, 0.29) is 36.1 Å². The van der Waals surface area contributed by atoms with E-state index in [1.165, 1.54) is 12.1 Å². The van der Waals surface area contributed by atoms with Crippen molar-refractivity contribution in [3.8, 4) is 11.6 Å². The highest BCUT2D eigenvalue weighted by Crippen LogP contribution is 2.25. The summed E-state index contributed by atoms with van der Waals surface area (Å²) >= 11 is 0. The van der Waals surface area contributed by atoms with E-state index in [1.807, 2.05) is 0 Å². The van der Waals surface area contributed by atoms with Crippen LogP contribution >= 0.6 is 0 Å². The van der Waals surface area contributed by atoms with Gasteiger partial charge in [0, 0.05) is 24.8 Å². The Bertz CT molecular complexity index is 1100. The Hall–Kier alpha value is -3.11. The van der Waals surface area contributed by atoms with E-state index in [4.69, 9.17) is 4.42 Å². The van der Waals surface area contributed by atoms with Crippen molar-refractivity contribution in [1.82, 2.24) is 19.9 Å². The van der Waals surface area contributed by atoms with Crippen molar-refractivity contribution in [1.29, 1.82) is 0 Å². The molecule has 0 saturated heterocycles. The molecule has 0 spiro atoms. The van der Waals surface area contributed by atoms with Crippen molar-refractivity contribution in [3.05, 3.63) is 54.0 Å². The number of benzene rings is 1. The molecular formula is C17H15N5O4S. The Morgan fingerprint density at radius 3 is 2.89 bits per heavy atom. The number of hydrogen-bond donors (Lipinski definition) is 2. The molecule has 3 aromatic rings. The van der Waals surface area contributed by atoms with Crippen molar-refractivity contribution < 1.29 is 17.6 Å². The van der Waals surface area contributed by atoms with E-state index in [9.17, 15) is 13.2 Å². The van der Waals surface area contributed by atoms with Gasteiger partial charge in [0.1, 0.15) is 5.69 Å². The number of fused-ring (bicyclic) bond motifs is 1. The van der Waals surface area contributed by atoms with Gasteiger partial charge in [0.2, 0.25) is 21.8 Å². The molecule has 1 aliphatic rings. The van der Waals surface area contributed by atoms with Gasteiger partial charge in [0.05, 0.1) is 11.3 Å². The highest BCUT2D eigenvalue weighted by molar-refractivity contribution is 7.89. The van der Waals surface area contributed by atoms with Crippen LogP contribution in [-0.2, 0) is 27.7 Å². The van der Waals surface area contributed by atoms with Crippen molar-refractivity contribution >= 4 is 21.6 Å². The maximum Gasteiger partial charge on any atom is 0.266 e. The van der Waals surface area contributed by atoms with Gasteiger partial charge in [-0.05, 0) is 35.9 Å². The average molecular weight is 385 g/mol. The molecule has 0 radical (unpaired) electrons. The van der Waals surface area contributed by atoms with Gasteiger partial charge in [-0.3, -0.25) is 9.78 Å². The number of carbonyl (C=O) groups is 1. The van der Waals surface area contributed by atoms with Crippen molar-refractivity contribution in [2.75, 3.05) is 11.9 Å². The van der Waals surface area contributed by atoms with Crippen LogP contribution in [0.3, 0.4) is 0 Å². The first-order chi connectivity index (χ1) is 13.0. The number of nitrogens with one attached hydrogen (secondary N) is 2. The number of hydrogen-bond acceptors (Lipinski definition) is 7. The summed E-state index contributed by atoms with van der Waals surface area (Å²) in [5, 5.41) is 10.5. The van der Waals surface area contributed by atoms with Gasteiger partial charge in [-0.15, -0.1) is 10.2 Å². The third-order valence-electron chi connectivity index (χ3n) is 3.99. The number of anilines is 1. The number of nitrogens with zero attached hydrogens (tertiary/aromatic N) is 3. The van der Waals surface area contributed by atoms with E-state index >= 15 is 0 Å². The fourth-order valence-corrected chi connectivity index (χ4v) is 3.78. The predicted molar refractivity (Wildman–Crippen MR) is 95.2 cm³/mol. The highest BCUT2D eigenvalue weighted by atomic mass is 32.2. The molecule has 0 saturated carbocycles. The van der Waals surface area contributed by atoms with Crippen LogP contribution in [0.4, 0.5) is 5.69 Å². The molecule has 2 N–H and O–H groups in total. The molecule has 0 bridgehead atoms. The molecule has 0 unspecified atom stereocenters. The summed E-state index contributed by atoms with van der Waals surface area (Å²) in [5.74, 6) is 0.443. The molecule has 10 heteroatoms. The number of rotatable bonds is 6. The summed E-state index contributed by atoms with van der Waals surface area (Å²) in [4.78, 5) is 15.6. The van der Waals surface area contributed by atoms with Crippen LogP contribution in [0.5, 0.6) is 0 Å². The van der Waals surface area contributed by atoms with Gasteiger partial charge in [-0.2, -0.15) is 0 Å². The monoisotopic (exact) mass is 385 g/mol. The minimum absolute atomic E-state index is 0.0977. The smallest absolute Gasteiger partial charge is 0.266 e. The van der Waals surface area contributed by atoms with Crippen LogP contribution < -0.4 is 10.0 Å². The van der Waals surface area contributed by atoms with Gasteiger partial charge in [-0.1, -0.05) is 6.07 Å². The summed E-state index contributed by atoms with van der Waals surface area (Å²) in [6, 6.07) is 9.88. The molecule has 0 atom stereocenters. The van der Waals surface area contributed by atoms with E-state index in [1.54, 1.807) is 30.5 Å². The zero-order chi connectivity index (χ0) is 18.9. The number of pyridine rings is 1. The molecule has 9 nitrogen and oxygen atoms in total. The van der Waals surface area contributed by atoms with Crippen molar-refractivity contribution in [2.45, 2.75) is 17.7 Å². The van der Waals surface area contributed by atoms with E-state index < -0.39 is 10.0 Å². The molecular weight excluding hydrogens is 370 g/mol. The molecule has 1 amide bonds. The standard InChI is InChI=1S/C17H15N5O4S/c23-15-10-11-9-12(4-5-13(11)20-15)27(24,25)19-8-6-16-21-22-17(26-16)14-3-1-2-7-18-14/h1-5,7,9,19H,6,8,10H2,(H,20,23). The Labute approximate surface area is 154 Å². The second kappa shape index (κ2) is 6.89. The first-order valence-electron chi connectivity index (χ1n) is 8.17. The number of sulfonamides is 1. The zero-order valence-corrected chi connectivity index (χ0v) is 14.9. The van der Waals surface area contributed by atoms with Crippen LogP contribution in [0.2, 0.25) is 0 Å². The minimum Gasteiger partial charge on any atom is -0.419 e. The van der Waals surface area contributed by atoms with E-state index in [0.717, 1.165) is 0 Å². The van der Waals surface area contributed by atoms with Gasteiger partial charge in [-0.25, -0.2) is 13.1 Å². The first-order valence-corrected chi connectivity index (χ1v) is 9.66. The van der Waals surface area contributed by atoms with Crippen molar-refractivity contribution in [3.63, 3.8) is 0 Å². The lowest BCUT2D eigenvalue weighted by Gasteiger charge is -2.07. The molecule has 27 heavy (non-hydrogen) atoms. The van der Waals surface area contributed by atoms with Crippen LogP contribution in [0.1, 0.15) is 11.5 Å². The lowest BCUT2D eigenvalue weighted by Crippen LogP contribution is -2.26. The molecule has 4 rings (SSSR count). The third-order valence-corrected chi connectivity index (χ3v) is 5.45. The normalized spacial score (nSPS) is 13.4. The Kier molecular flexibility index (Phi) is 4.42. The SMILES string of the molecule is O=C1Cc2cc(S(=O)(=O)NCCc3nnc(-c4ccccn4)o3)ccc2N1. The lowest BCUT2D eigenvalue weighted by atomic mass is 10.2.